The van der Waals surface area contributed by atoms with Gasteiger partial charge < -0.3 is 15.2 Å². The first-order chi connectivity index (χ1) is 9.12. The number of benzene rings is 1. The largest absolute Gasteiger partial charge is 0.496 e. The highest BCUT2D eigenvalue weighted by Crippen LogP contribution is 2.23. The molecule has 0 aliphatic heterocycles. The summed E-state index contributed by atoms with van der Waals surface area (Å²) in [4.78, 5) is 10.3. The van der Waals surface area contributed by atoms with Crippen molar-refractivity contribution in [2.24, 2.45) is 0 Å². The minimum atomic E-state index is -0.432. The van der Waals surface area contributed by atoms with Crippen LogP contribution in [0.4, 0.5) is 5.69 Å². The van der Waals surface area contributed by atoms with Gasteiger partial charge in [0.25, 0.3) is 5.69 Å². The number of ether oxygens (including phenoxy) is 1. The van der Waals surface area contributed by atoms with Gasteiger partial charge in [0.15, 0.2) is 0 Å². The van der Waals surface area contributed by atoms with Gasteiger partial charge in [-0.3, -0.25) is 10.1 Å². The van der Waals surface area contributed by atoms with Crippen molar-refractivity contribution >= 4 is 18.1 Å². The van der Waals surface area contributed by atoms with Crippen molar-refractivity contribution < 1.29 is 14.8 Å². The molecule has 0 aliphatic rings. The smallest absolute Gasteiger partial charge is 0.270 e. The van der Waals surface area contributed by atoms with E-state index >= 15 is 0 Å². The van der Waals surface area contributed by atoms with E-state index in [0.29, 0.717) is 17.9 Å². The Hall–Kier alpha value is -1.37. The summed E-state index contributed by atoms with van der Waals surface area (Å²) in [6, 6.07) is 4.49. The molecule has 2 N–H and O–H groups in total. The van der Waals surface area contributed by atoms with Crippen molar-refractivity contribution in [3.8, 4) is 5.75 Å². The lowest BCUT2D eigenvalue weighted by Crippen LogP contribution is -2.31. The third-order valence-electron chi connectivity index (χ3n) is 2.91. The number of hydrogen-bond donors (Lipinski definition) is 2. The molecular weight excluding hydrogens is 284 g/mol. The Morgan fingerprint density at radius 2 is 2.20 bits per heavy atom. The summed E-state index contributed by atoms with van der Waals surface area (Å²) in [7, 11) is 1.53. The molecule has 1 atom stereocenters. The Morgan fingerprint density at radius 3 is 2.70 bits per heavy atom. The maximum Gasteiger partial charge on any atom is 0.270 e. The number of nitro benzene ring substituents is 1. The third-order valence-corrected chi connectivity index (χ3v) is 2.91. The molecular formula is C13H21ClN2O4. The molecule has 0 amide bonds. The maximum atomic E-state index is 10.8. The Kier molecular flexibility index (Phi) is 8.87. The maximum absolute atomic E-state index is 10.8. The molecule has 6 nitrogen and oxygen atoms in total. The van der Waals surface area contributed by atoms with Crippen LogP contribution in [0.25, 0.3) is 0 Å². The zero-order valence-corrected chi connectivity index (χ0v) is 12.5. The molecule has 1 aromatic rings. The van der Waals surface area contributed by atoms with Crippen LogP contribution in [0.3, 0.4) is 0 Å². The molecule has 0 fully saturated rings. The standard InChI is InChI=1S/C13H20N2O4.ClH/c1-3-4-11(9-16)14-8-10-7-12(15(17)18)5-6-13(10)19-2;/h5-7,11,14,16H,3-4,8-9H2,1-2H3;1H. The summed E-state index contributed by atoms with van der Waals surface area (Å²) in [6.07, 6.45) is 1.82. The second-order valence-electron chi connectivity index (χ2n) is 4.30. The minimum Gasteiger partial charge on any atom is -0.496 e. The van der Waals surface area contributed by atoms with E-state index < -0.39 is 4.92 Å². The van der Waals surface area contributed by atoms with Crippen molar-refractivity contribution in [2.45, 2.75) is 32.4 Å². The molecule has 0 saturated carbocycles. The predicted octanol–water partition coefficient (Wildman–Crippen LogP) is 2.28. The molecule has 0 spiro atoms. The molecule has 0 aliphatic carbocycles. The summed E-state index contributed by atoms with van der Waals surface area (Å²) >= 11 is 0. The number of methoxy groups -OCH3 is 1. The SMILES string of the molecule is CCCC(CO)NCc1cc([N+](=O)[O-])ccc1OC.Cl. The van der Waals surface area contributed by atoms with Crippen LogP contribution in [0.1, 0.15) is 25.3 Å². The van der Waals surface area contributed by atoms with Gasteiger partial charge in [-0.25, -0.2) is 0 Å². The fourth-order valence-electron chi connectivity index (χ4n) is 1.88. The Labute approximate surface area is 124 Å². The van der Waals surface area contributed by atoms with Gasteiger partial charge in [0.1, 0.15) is 5.75 Å². The molecule has 7 heteroatoms. The lowest BCUT2D eigenvalue weighted by atomic mass is 10.1. The number of nitrogens with one attached hydrogen (secondary N) is 1. The second-order valence-corrected chi connectivity index (χ2v) is 4.30. The molecule has 1 aromatic carbocycles. The van der Waals surface area contributed by atoms with Gasteiger partial charge in [-0.15, -0.1) is 12.4 Å². The van der Waals surface area contributed by atoms with Crippen LogP contribution in [0.5, 0.6) is 5.75 Å². The van der Waals surface area contributed by atoms with Crippen LogP contribution in [0.2, 0.25) is 0 Å². The van der Waals surface area contributed by atoms with Crippen LogP contribution >= 0.6 is 12.4 Å². The zero-order valence-electron chi connectivity index (χ0n) is 11.7. The van der Waals surface area contributed by atoms with E-state index in [9.17, 15) is 15.2 Å². The van der Waals surface area contributed by atoms with E-state index in [2.05, 4.69) is 5.32 Å². The number of halogens is 1. The van der Waals surface area contributed by atoms with Gasteiger partial charge in [0.05, 0.1) is 18.6 Å². The number of aliphatic hydroxyl groups excluding tert-OH is 1. The van der Waals surface area contributed by atoms with E-state index in [-0.39, 0.29) is 30.7 Å². The summed E-state index contributed by atoms with van der Waals surface area (Å²) in [6.45, 7) is 2.51. The molecule has 0 heterocycles. The van der Waals surface area contributed by atoms with Gasteiger partial charge in [0, 0.05) is 30.3 Å². The van der Waals surface area contributed by atoms with Crippen LogP contribution in [0.15, 0.2) is 18.2 Å². The highest BCUT2D eigenvalue weighted by Gasteiger charge is 2.13. The summed E-state index contributed by atoms with van der Waals surface area (Å²) in [5.74, 6) is 0.603. The number of non-ortho nitro benzene ring substituents is 1. The van der Waals surface area contributed by atoms with Crippen LogP contribution in [0, 0.1) is 10.1 Å². The topological polar surface area (TPSA) is 84.6 Å². The quantitative estimate of drug-likeness (QED) is 0.568. The molecule has 20 heavy (non-hydrogen) atoms. The lowest BCUT2D eigenvalue weighted by Gasteiger charge is -2.16. The van der Waals surface area contributed by atoms with Crippen molar-refractivity contribution in [3.05, 3.63) is 33.9 Å². The first-order valence-corrected chi connectivity index (χ1v) is 6.27. The van der Waals surface area contributed by atoms with Crippen LogP contribution in [-0.2, 0) is 6.54 Å². The Balaban J connectivity index is 0.00000361. The van der Waals surface area contributed by atoms with Crippen molar-refractivity contribution in [1.29, 1.82) is 0 Å². The highest BCUT2D eigenvalue weighted by atomic mass is 35.5. The zero-order chi connectivity index (χ0) is 14.3. The average Bonchev–Trinajstić information content (AvgIpc) is 2.42. The van der Waals surface area contributed by atoms with Gasteiger partial charge in [-0.05, 0) is 12.5 Å². The van der Waals surface area contributed by atoms with E-state index in [1.54, 1.807) is 6.07 Å². The van der Waals surface area contributed by atoms with Crippen molar-refractivity contribution in [2.75, 3.05) is 13.7 Å². The predicted molar refractivity (Wildman–Crippen MR) is 79.5 cm³/mol. The average molecular weight is 305 g/mol. The van der Waals surface area contributed by atoms with Gasteiger partial charge in [0.2, 0.25) is 0 Å². The van der Waals surface area contributed by atoms with Crippen molar-refractivity contribution in [1.82, 2.24) is 5.32 Å². The fraction of sp³-hybridized carbons (Fsp3) is 0.538. The third kappa shape index (κ3) is 5.32. The second kappa shape index (κ2) is 9.52. The number of nitrogens with zero attached hydrogens (tertiary/aromatic N) is 1. The van der Waals surface area contributed by atoms with Gasteiger partial charge >= 0.3 is 0 Å². The molecule has 1 unspecified atom stereocenters. The minimum absolute atomic E-state index is 0. The molecule has 0 bridgehead atoms. The molecule has 114 valence electrons. The number of aliphatic hydroxyl groups is 1. The first-order valence-electron chi connectivity index (χ1n) is 6.27. The van der Waals surface area contributed by atoms with Crippen LogP contribution in [-0.4, -0.2) is 29.8 Å². The van der Waals surface area contributed by atoms with E-state index in [1.165, 1.54) is 19.2 Å². The summed E-state index contributed by atoms with van der Waals surface area (Å²) in [5.41, 5.74) is 0.750. The Bertz CT molecular complexity index is 429. The molecule has 1 rings (SSSR count). The molecule has 0 aromatic heterocycles. The highest BCUT2D eigenvalue weighted by molar-refractivity contribution is 5.85. The molecule has 0 saturated heterocycles. The van der Waals surface area contributed by atoms with Crippen LogP contribution < -0.4 is 10.1 Å². The number of rotatable bonds is 8. The normalized spacial score (nSPS) is 11.6. The van der Waals surface area contributed by atoms with E-state index in [1.807, 2.05) is 6.92 Å². The summed E-state index contributed by atoms with van der Waals surface area (Å²) < 4.78 is 5.18. The fourth-order valence-corrected chi connectivity index (χ4v) is 1.88. The van der Waals surface area contributed by atoms with Crippen molar-refractivity contribution in [3.63, 3.8) is 0 Å². The number of nitro groups is 1. The van der Waals surface area contributed by atoms with E-state index in [0.717, 1.165) is 12.8 Å². The first kappa shape index (κ1) is 18.6. The lowest BCUT2D eigenvalue weighted by molar-refractivity contribution is -0.384. The number of hydrogen-bond acceptors (Lipinski definition) is 5. The molecule has 0 radical (unpaired) electrons. The summed E-state index contributed by atoms with van der Waals surface area (Å²) in [5, 5.41) is 23.1. The monoisotopic (exact) mass is 304 g/mol. The van der Waals surface area contributed by atoms with Gasteiger partial charge in [-0.1, -0.05) is 13.3 Å². The van der Waals surface area contributed by atoms with E-state index in [4.69, 9.17) is 4.74 Å². The Morgan fingerprint density at radius 1 is 1.50 bits per heavy atom. The van der Waals surface area contributed by atoms with Gasteiger partial charge in [-0.2, -0.15) is 0 Å².